The van der Waals surface area contributed by atoms with Crippen LogP contribution in [0, 0.1) is 6.92 Å². The molecule has 24 heavy (non-hydrogen) atoms. The smallest absolute Gasteiger partial charge is 0.240 e. The fourth-order valence-corrected chi connectivity index (χ4v) is 2.78. The van der Waals surface area contributed by atoms with Gasteiger partial charge in [0.2, 0.25) is 5.91 Å². The molecule has 0 bridgehead atoms. The van der Waals surface area contributed by atoms with Crippen molar-refractivity contribution >= 4 is 16.8 Å². The van der Waals surface area contributed by atoms with Gasteiger partial charge in [-0.15, -0.1) is 0 Å². The van der Waals surface area contributed by atoms with Crippen LogP contribution in [0.25, 0.3) is 10.9 Å². The van der Waals surface area contributed by atoms with Crippen molar-refractivity contribution in [2.45, 2.75) is 33.0 Å². The first kappa shape index (κ1) is 15.9. The molecule has 2 heterocycles. The Morgan fingerprint density at radius 2 is 2.12 bits per heavy atom. The van der Waals surface area contributed by atoms with Gasteiger partial charge in [0.1, 0.15) is 19.2 Å². The Bertz CT molecular complexity index is 914. The summed E-state index contributed by atoms with van der Waals surface area (Å²) in [5, 5.41) is 7.59. The van der Waals surface area contributed by atoms with Gasteiger partial charge < -0.3 is 9.88 Å². The van der Waals surface area contributed by atoms with E-state index in [1.807, 2.05) is 36.6 Å². The molecule has 1 atom stereocenters. The average Bonchev–Trinajstić information content (AvgIpc) is 3.04. The first-order valence-corrected chi connectivity index (χ1v) is 7.75. The fraction of sp³-hybridized carbons (Fsp3) is 0.294. The summed E-state index contributed by atoms with van der Waals surface area (Å²) in [5.41, 5.74) is 1.50. The minimum atomic E-state index is -0.112. The van der Waals surface area contributed by atoms with Crippen LogP contribution in [0.4, 0.5) is 0 Å². The molecule has 0 aliphatic carbocycles. The molecule has 3 aromatic rings. The molecule has 7 nitrogen and oxygen atoms in total. The molecule has 0 radical (unpaired) electrons. The van der Waals surface area contributed by atoms with Crippen LogP contribution in [0.15, 0.2) is 47.8 Å². The number of aromatic nitrogens is 4. The van der Waals surface area contributed by atoms with Crippen LogP contribution >= 0.6 is 0 Å². The molecule has 2 aromatic heterocycles. The Hall–Kier alpha value is -2.96. The van der Waals surface area contributed by atoms with Crippen molar-refractivity contribution < 1.29 is 4.79 Å². The van der Waals surface area contributed by atoms with Gasteiger partial charge in [-0.1, -0.05) is 12.1 Å². The molecule has 0 unspecified atom stereocenters. The van der Waals surface area contributed by atoms with E-state index in [0.717, 1.165) is 11.2 Å². The summed E-state index contributed by atoms with van der Waals surface area (Å²) in [5.74, 6) is -0.112. The molecule has 1 N–H and O–H groups in total. The predicted molar refractivity (Wildman–Crippen MR) is 90.6 cm³/mol. The van der Waals surface area contributed by atoms with Gasteiger partial charge >= 0.3 is 0 Å². The number of carbonyl (C=O) groups is 1. The third kappa shape index (κ3) is 3.34. The van der Waals surface area contributed by atoms with E-state index < -0.39 is 0 Å². The van der Waals surface area contributed by atoms with Gasteiger partial charge in [-0.05, 0) is 26.0 Å². The number of pyridine rings is 1. The molecule has 1 aromatic carbocycles. The topological polar surface area (TPSA) is 81.8 Å². The summed E-state index contributed by atoms with van der Waals surface area (Å²) in [7, 11) is 0. The number of rotatable bonds is 5. The number of fused-ring (bicyclic) bond motifs is 1. The lowest BCUT2D eigenvalue weighted by atomic mass is 10.2. The van der Waals surface area contributed by atoms with Gasteiger partial charge in [-0.3, -0.25) is 14.3 Å². The van der Waals surface area contributed by atoms with Crippen molar-refractivity contribution in [2.24, 2.45) is 0 Å². The second kappa shape index (κ2) is 6.66. The van der Waals surface area contributed by atoms with Gasteiger partial charge in [0, 0.05) is 23.2 Å². The Morgan fingerprint density at radius 3 is 2.88 bits per heavy atom. The molecule has 0 aliphatic rings. The first-order valence-electron chi connectivity index (χ1n) is 7.75. The van der Waals surface area contributed by atoms with Crippen LogP contribution in [0.1, 0.15) is 12.6 Å². The van der Waals surface area contributed by atoms with Crippen LogP contribution in [0.5, 0.6) is 0 Å². The second-order valence-electron chi connectivity index (χ2n) is 5.84. The Kier molecular flexibility index (Phi) is 4.41. The van der Waals surface area contributed by atoms with E-state index in [-0.39, 0.29) is 23.9 Å². The van der Waals surface area contributed by atoms with E-state index in [1.165, 1.54) is 6.33 Å². The van der Waals surface area contributed by atoms with Crippen LogP contribution in [0.3, 0.4) is 0 Å². The summed E-state index contributed by atoms with van der Waals surface area (Å²) in [6, 6.07) is 8.81. The molecule has 0 fully saturated rings. The lowest BCUT2D eigenvalue weighted by Gasteiger charge is -2.17. The van der Waals surface area contributed by atoms with Crippen molar-refractivity contribution in [2.75, 3.05) is 0 Å². The SMILES string of the molecule is Cc1cc(=O)c2ccccc2n1CC(=O)N[C@H](C)Cn1cncn1. The predicted octanol–water partition coefficient (Wildman–Crippen LogP) is 1.11. The van der Waals surface area contributed by atoms with E-state index in [4.69, 9.17) is 0 Å². The van der Waals surface area contributed by atoms with Gasteiger partial charge in [-0.25, -0.2) is 4.98 Å². The Balaban J connectivity index is 1.77. The third-order valence-electron chi connectivity index (χ3n) is 3.86. The standard InChI is InChI=1S/C17H19N5O2/c1-12(8-21-11-18-10-19-21)20-17(24)9-22-13(2)7-16(23)14-5-3-4-6-15(14)22/h3-7,10-12H,8-9H2,1-2H3,(H,20,24)/t12-/m1/s1. The highest BCUT2D eigenvalue weighted by atomic mass is 16.2. The largest absolute Gasteiger partial charge is 0.350 e. The molecule has 0 spiro atoms. The number of aryl methyl sites for hydroxylation is 1. The van der Waals surface area contributed by atoms with Gasteiger partial charge in [0.15, 0.2) is 5.43 Å². The van der Waals surface area contributed by atoms with Gasteiger partial charge in [0.25, 0.3) is 0 Å². The fourth-order valence-electron chi connectivity index (χ4n) is 2.78. The molecule has 0 saturated carbocycles. The van der Waals surface area contributed by atoms with E-state index in [1.54, 1.807) is 23.1 Å². The summed E-state index contributed by atoms with van der Waals surface area (Å²) in [6.07, 6.45) is 3.08. The highest BCUT2D eigenvalue weighted by Crippen LogP contribution is 2.12. The summed E-state index contributed by atoms with van der Waals surface area (Å²) in [6.45, 7) is 4.46. The van der Waals surface area contributed by atoms with E-state index in [9.17, 15) is 9.59 Å². The average molecular weight is 325 g/mol. The molecule has 7 heteroatoms. The number of amides is 1. The summed E-state index contributed by atoms with van der Waals surface area (Å²) >= 11 is 0. The first-order chi connectivity index (χ1) is 11.5. The zero-order chi connectivity index (χ0) is 17.1. The van der Waals surface area contributed by atoms with Crippen molar-refractivity contribution in [3.05, 3.63) is 58.9 Å². The monoisotopic (exact) mass is 325 g/mol. The number of para-hydroxylation sites is 1. The number of hydrogen-bond donors (Lipinski definition) is 1. The van der Waals surface area contributed by atoms with Crippen LogP contribution in [-0.4, -0.2) is 31.3 Å². The van der Waals surface area contributed by atoms with Crippen LogP contribution in [-0.2, 0) is 17.9 Å². The van der Waals surface area contributed by atoms with Crippen molar-refractivity contribution in [1.82, 2.24) is 24.6 Å². The molecular weight excluding hydrogens is 306 g/mol. The van der Waals surface area contributed by atoms with Gasteiger partial charge in [0.05, 0.1) is 12.1 Å². The lowest BCUT2D eigenvalue weighted by molar-refractivity contribution is -0.122. The van der Waals surface area contributed by atoms with Crippen LogP contribution in [0.2, 0.25) is 0 Å². The second-order valence-corrected chi connectivity index (χ2v) is 5.84. The molecule has 1 amide bonds. The maximum atomic E-state index is 12.4. The summed E-state index contributed by atoms with van der Waals surface area (Å²) in [4.78, 5) is 28.3. The molecule has 0 aliphatic heterocycles. The number of nitrogens with zero attached hydrogens (tertiary/aromatic N) is 4. The van der Waals surface area contributed by atoms with Crippen molar-refractivity contribution in [3.8, 4) is 0 Å². The minimum absolute atomic E-state index is 0.0284. The van der Waals surface area contributed by atoms with Gasteiger partial charge in [-0.2, -0.15) is 5.10 Å². The molecule has 124 valence electrons. The maximum Gasteiger partial charge on any atom is 0.240 e. The van der Waals surface area contributed by atoms with E-state index in [2.05, 4.69) is 15.4 Å². The highest BCUT2D eigenvalue weighted by molar-refractivity contribution is 5.82. The number of carbonyl (C=O) groups excluding carboxylic acids is 1. The Morgan fingerprint density at radius 1 is 1.33 bits per heavy atom. The molecular formula is C17H19N5O2. The highest BCUT2D eigenvalue weighted by Gasteiger charge is 2.12. The quantitative estimate of drug-likeness (QED) is 0.762. The molecule has 0 saturated heterocycles. The van der Waals surface area contributed by atoms with E-state index in [0.29, 0.717) is 11.9 Å². The van der Waals surface area contributed by atoms with Crippen molar-refractivity contribution in [1.29, 1.82) is 0 Å². The zero-order valence-electron chi connectivity index (χ0n) is 13.6. The number of hydrogen-bond acceptors (Lipinski definition) is 4. The molecule has 3 rings (SSSR count). The maximum absolute atomic E-state index is 12.4. The third-order valence-corrected chi connectivity index (χ3v) is 3.86. The van der Waals surface area contributed by atoms with E-state index >= 15 is 0 Å². The summed E-state index contributed by atoms with van der Waals surface area (Å²) < 4.78 is 3.53. The number of nitrogens with one attached hydrogen (secondary N) is 1. The minimum Gasteiger partial charge on any atom is -0.350 e. The van der Waals surface area contributed by atoms with Crippen LogP contribution < -0.4 is 10.7 Å². The Labute approximate surface area is 138 Å². The number of benzene rings is 1. The zero-order valence-corrected chi connectivity index (χ0v) is 13.6. The normalized spacial score (nSPS) is 12.2. The lowest BCUT2D eigenvalue weighted by Crippen LogP contribution is -2.38. The van der Waals surface area contributed by atoms with Crippen molar-refractivity contribution in [3.63, 3.8) is 0 Å².